The van der Waals surface area contributed by atoms with Gasteiger partial charge in [0.25, 0.3) is 0 Å². The van der Waals surface area contributed by atoms with E-state index in [2.05, 4.69) is 11.8 Å². The molecule has 2 atom stereocenters. The number of hydrogen-bond acceptors (Lipinski definition) is 3. The first-order valence-corrected chi connectivity index (χ1v) is 7.52. The number of rotatable bonds is 6. The maximum atomic E-state index is 13.3. The molecule has 2 rings (SSSR count). The standard InChI is InChI=1S/C16H25FN2O/c1-2-19(15-7-3-6-14(17)11-15)10-8-13-5-4-9-16(13,20)12-18/h3,6-7,11,13,20H,2,4-5,8-10,12,18H2,1H3. The summed E-state index contributed by atoms with van der Waals surface area (Å²) in [6.07, 6.45) is 3.79. The van der Waals surface area contributed by atoms with Gasteiger partial charge in [-0.25, -0.2) is 4.39 Å². The van der Waals surface area contributed by atoms with Gasteiger partial charge in [-0.3, -0.25) is 0 Å². The van der Waals surface area contributed by atoms with Crippen LogP contribution < -0.4 is 10.6 Å². The fraction of sp³-hybridized carbons (Fsp3) is 0.625. The quantitative estimate of drug-likeness (QED) is 0.842. The van der Waals surface area contributed by atoms with Crippen LogP contribution in [0.25, 0.3) is 0 Å². The van der Waals surface area contributed by atoms with Crippen molar-refractivity contribution in [3.05, 3.63) is 30.1 Å². The Morgan fingerprint density at radius 1 is 1.50 bits per heavy atom. The van der Waals surface area contributed by atoms with Crippen molar-refractivity contribution < 1.29 is 9.50 Å². The van der Waals surface area contributed by atoms with Gasteiger partial charge in [-0.1, -0.05) is 12.5 Å². The zero-order valence-corrected chi connectivity index (χ0v) is 12.2. The SMILES string of the molecule is CCN(CCC1CCCC1(O)CN)c1cccc(F)c1. The Balaban J connectivity index is 1.98. The molecule has 0 bridgehead atoms. The Morgan fingerprint density at radius 2 is 2.30 bits per heavy atom. The molecule has 0 aliphatic heterocycles. The highest BCUT2D eigenvalue weighted by Crippen LogP contribution is 2.37. The van der Waals surface area contributed by atoms with Crippen LogP contribution in [0.4, 0.5) is 10.1 Å². The molecular formula is C16H25FN2O. The van der Waals surface area contributed by atoms with Gasteiger partial charge in [0.15, 0.2) is 0 Å². The van der Waals surface area contributed by atoms with Crippen molar-refractivity contribution in [1.82, 2.24) is 0 Å². The molecular weight excluding hydrogens is 255 g/mol. The van der Waals surface area contributed by atoms with Crippen LogP contribution in [0.3, 0.4) is 0 Å². The van der Waals surface area contributed by atoms with E-state index in [0.717, 1.165) is 44.5 Å². The predicted octanol–water partition coefficient (Wildman–Crippen LogP) is 2.53. The molecule has 0 aromatic heterocycles. The minimum Gasteiger partial charge on any atom is -0.388 e. The second-order valence-electron chi connectivity index (χ2n) is 5.75. The van der Waals surface area contributed by atoms with E-state index in [9.17, 15) is 9.50 Å². The Hall–Kier alpha value is -1.13. The van der Waals surface area contributed by atoms with Gasteiger partial charge in [0.2, 0.25) is 0 Å². The van der Waals surface area contributed by atoms with Gasteiger partial charge in [0.05, 0.1) is 5.60 Å². The number of anilines is 1. The minimum absolute atomic E-state index is 0.208. The van der Waals surface area contributed by atoms with Crippen LogP contribution in [0.15, 0.2) is 24.3 Å². The molecule has 0 heterocycles. The molecule has 4 heteroatoms. The number of benzene rings is 1. The van der Waals surface area contributed by atoms with Crippen LogP contribution in [0.5, 0.6) is 0 Å². The topological polar surface area (TPSA) is 49.5 Å². The van der Waals surface area contributed by atoms with Crippen LogP contribution in [0, 0.1) is 11.7 Å². The summed E-state index contributed by atoms with van der Waals surface area (Å²) >= 11 is 0. The van der Waals surface area contributed by atoms with Crippen LogP contribution in [0.1, 0.15) is 32.6 Å². The van der Waals surface area contributed by atoms with Crippen molar-refractivity contribution in [2.24, 2.45) is 11.7 Å². The van der Waals surface area contributed by atoms with Gasteiger partial charge in [0.1, 0.15) is 5.82 Å². The van der Waals surface area contributed by atoms with E-state index in [0.29, 0.717) is 6.54 Å². The fourth-order valence-electron chi connectivity index (χ4n) is 3.26. The molecule has 112 valence electrons. The van der Waals surface area contributed by atoms with Gasteiger partial charge >= 0.3 is 0 Å². The molecule has 2 unspecified atom stereocenters. The van der Waals surface area contributed by atoms with Crippen molar-refractivity contribution >= 4 is 5.69 Å². The van der Waals surface area contributed by atoms with Gasteiger partial charge in [0, 0.05) is 25.3 Å². The molecule has 3 N–H and O–H groups in total. The van der Waals surface area contributed by atoms with E-state index >= 15 is 0 Å². The van der Waals surface area contributed by atoms with E-state index in [-0.39, 0.29) is 11.7 Å². The number of hydrogen-bond donors (Lipinski definition) is 2. The second kappa shape index (κ2) is 6.55. The summed E-state index contributed by atoms with van der Waals surface area (Å²) in [4.78, 5) is 2.15. The number of nitrogens with zero attached hydrogens (tertiary/aromatic N) is 1. The molecule has 1 fully saturated rings. The van der Waals surface area contributed by atoms with Crippen LogP contribution >= 0.6 is 0 Å². The molecule has 1 aromatic carbocycles. The normalized spacial score (nSPS) is 25.9. The minimum atomic E-state index is -0.693. The van der Waals surface area contributed by atoms with Crippen molar-refractivity contribution in [1.29, 1.82) is 0 Å². The molecule has 1 saturated carbocycles. The van der Waals surface area contributed by atoms with E-state index in [1.807, 2.05) is 6.07 Å². The lowest BCUT2D eigenvalue weighted by Gasteiger charge is -2.31. The molecule has 0 saturated heterocycles. The summed E-state index contributed by atoms with van der Waals surface area (Å²) in [5, 5.41) is 10.5. The highest BCUT2D eigenvalue weighted by atomic mass is 19.1. The Morgan fingerprint density at radius 3 is 2.95 bits per heavy atom. The Bertz CT molecular complexity index is 440. The van der Waals surface area contributed by atoms with E-state index in [4.69, 9.17) is 5.73 Å². The number of nitrogens with two attached hydrogens (primary N) is 1. The summed E-state index contributed by atoms with van der Waals surface area (Å²) in [6.45, 7) is 4.06. The molecule has 0 radical (unpaired) electrons. The molecule has 1 aromatic rings. The summed E-state index contributed by atoms with van der Waals surface area (Å²) in [5.41, 5.74) is 5.93. The van der Waals surface area contributed by atoms with E-state index in [1.54, 1.807) is 12.1 Å². The van der Waals surface area contributed by atoms with Crippen LogP contribution in [-0.4, -0.2) is 30.3 Å². The van der Waals surface area contributed by atoms with Crippen LogP contribution in [0.2, 0.25) is 0 Å². The van der Waals surface area contributed by atoms with Crippen LogP contribution in [-0.2, 0) is 0 Å². The van der Waals surface area contributed by atoms with Crippen molar-refractivity contribution in [3.8, 4) is 0 Å². The van der Waals surface area contributed by atoms with Crippen molar-refractivity contribution in [2.45, 2.75) is 38.2 Å². The summed E-state index contributed by atoms with van der Waals surface area (Å²) in [6, 6.07) is 6.68. The first kappa shape index (κ1) is 15.3. The monoisotopic (exact) mass is 280 g/mol. The largest absolute Gasteiger partial charge is 0.388 e. The summed E-state index contributed by atoms with van der Waals surface area (Å²) in [5.74, 6) is 0.0513. The average molecular weight is 280 g/mol. The van der Waals surface area contributed by atoms with E-state index < -0.39 is 5.60 Å². The van der Waals surface area contributed by atoms with Gasteiger partial charge in [-0.2, -0.15) is 0 Å². The first-order chi connectivity index (χ1) is 9.59. The lowest BCUT2D eigenvalue weighted by atomic mass is 9.88. The third-order valence-corrected chi connectivity index (χ3v) is 4.58. The second-order valence-corrected chi connectivity index (χ2v) is 5.75. The van der Waals surface area contributed by atoms with E-state index in [1.165, 1.54) is 6.07 Å². The maximum Gasteiger partial charge on any atom is 0.125 e. The first-order valence-electron chi connectivity index (χ1n) is 7.52. The van der Waals surface area contributed by atoms with Crippen molar-refractivity contribution in [2.75, 3.05) is 24.5 Å². The summed E-state index contributed by atoms with van der Waals surface area (Å²) < 4.78 is 13.3. The Labute approximate surface area is 120 Å². The number of aliphatic hydroxyl groups is 1. The molecule has 1 aliphatic carbocycles. The van der Waals surface area contributed by atoms with Gasteiger partial charge in [-0.05, 0) is 50.3 Å². The molecule has 0 amide bonds. The zero-order chi connectivity index (χ0) is 14.6. The fourth-order valence-corrected chi connectivity index (χ4v) is 3.26. The van der Waals surface area contributed by atoms with Crippen molar-refractivity contribution in [3.63, 3.8) is 0 Å². The number of halogens is 1. The molecule has 0 spiro atoms. The third kappa shape index (κ3) is 3.30. The lowest BCUT2D eigenvalue weighted by Crippen LogP contribution is -2.42. The molecule has 1 aliphatic rings. The van der Waals surface area contributed by atoms with Gasteiger partial charge in [-0.15, -0.1) is 0 Å². The smallest absolute Gasteiger partial charge is 0.125 e. The average Bonchev–Trinajstić information content (AvgIpc) is 2.82. The highest BCUT2D eigenvalue weighted by molar-refractivity contribution is 5.46. The predicted molar refractivity (Wildman–Crippen MR) is 80.2 cm³/mol. The lowest BCUT2D eigenvalue weighted by molar-refractivity contribution is 0.00888. The Kier molecular flexibility index (Phi) is 5.00. The third-order valence-electron chi connectivity index (χ3n) is 4.58. The maximum absolute atomic E-state index is 13.3. The summed E-state index contributed by atoms with van der Waals surface area (Å²) in [7, 11) is 0. The highest BCUT2D eigenvalue weighted by Gasteiger charge is 2.39. The zero-order valence-electron chi connectivity index (χ0n) is 12.2. The van der Waals surface area contributed by atoms with Gasteiger partial charge < -0.3 is 15.7 Å². The molecule has 20 heavy (non-hydrogen) atoms. The molecule has 3 nitrogen and oxygen atoms in total.